The summed E-state index contributed by atoms with van der Waals surface area (Å²) in [6.07, 6.45) is 2.79. The molecule has 1 fully saturated rings. The highest BCUT2D eigenvalue weighted by Crippen LogP contribution is 2.25. The van der Waals surface area contributed by atoms with Crippen molar-refractivity contribution in [2.75, 3.05) is 18.4 Å². The number of carbonyl (C=O) groups excluding carboxylic acids is 2. The summed E-state index contributed by atoms with van der Waals surface area (Å²) in [6, 6.07) is 12.8. The first-order chi connectivity index (χ1) is 14.2. The zero-order valence-corrected chi connectivity index (χ0v) is 16.6. The Bertz CT molecular complexity index is 947. The van der Waals surface area contributed by atoms with Crippen LogP contribution in [0.2, 0.25) is 0 Å². The summed E-state index contributed by atoms with van der Waals surface area (Å²) in [4.78, 5) is 30.9. The van der Waals surface area contributed by atoms with Crippen LogP contribution < -0.4 is 5.32 Å². The molecule has 0 spiro atoms. The van der Waals surface area contributed by atoms with Crippen molar-refractivity contribution in [3.63, 3.8) is 0 Å². The molecule has 0 atom stereocenters. The van der Waals surface area contributed by atoms with Gasteiger partial charge in [0.15, 0.2) is 10.8 Å². The third-order valence-corrected chi connectivity index (χ3v) is 5.69. The number of hydrogen-bond acceptors (Lipinski definition) is 6. The lowest BCUT2D eigenvalue weighted by molar-refractivity contribution is -0.151. The number of hydrogen-bond donors (Lipinski definition) is 1. The number of benzene rings is 1. The summed E-state index contributed by atoms with van der Waals surface area (Å²) in [5, 5.41) is 5.50. The molecule has 8 heteroatoms. The largest absolute Gasteiger partial charge is 0.462 e. The smallest absolute Gasteiger partial charge is 0.321 e. The average molecular weight is 411 g/mol. The molecule has 1 N–H and O–H groups in total. The van der Waals surface area contributed by atoms with Crippen LogP contribution in [0.4, 0.5) is 10.5 Å². The van der Waals surface area contributed by atoms with Gasteiger partial charge in [0.05, 0.1) is 17.9 Å². The molecule has 2 aromatic heterocycles. The van der Waals surface area contributed by atoms with Gasteiger partial charge in [-0.25, -0.2) is 9.78 Å². The molecule has 29 heavy (non-hydrogen) atoms. The van der Waals surface area contributed by atoms with Crippen molar-refractivity contribution >= 4 is 29.0 Å². The standard InChI is InChI=1S/C21H21N3O4S/c25-20(28-13-17-14-29-19(22-17)18-7-4-12-27-18)15-8-10-24(11-9-15)21(26)23-16-5-2-1-3-6-16/h1-7,12,14-15H,8-11,13H2,(H,23,26). The highest BCUT2D eigenvalue weighted by molar-refractivity contribution is 7.13. The molecule has 0 saturated carbocycles. The molecular weight excluding hydrogens is 390 g/mol. The Morgan fingerprint density at radius 2 is 1.97 bits per heavy atom. The fourth-order valence-electron chi connectivity index (χ4n) is 3.19. The third-order valence-electron chi connectivity index (χ3n) is 4.79. The third kappa shape index (κ3) is 4.83. The Morgan fingerprint density at radius 1 is 1.17 bits per heavy atom. The number of anilines is 1. The molecule has 3 heterocycles. The van der Waals surface area contributed by atoms with Crippen molar-refractivity contribution < 1.29 is 18.7 Å². The van der Waals surface area contributed by atoms with Crippen molar-refractivity contribution in [3.8, 4) is 10.8 Å². The van der Waals surface area contributed by atoms with E-state index in [4.69, 9.17) is 9.15 Å². The number of likely N-dealkylation sites (tertiary alicyclic amines) is 1. The van der Waals surface area contributed by atoms with E-state index < -0.39 is 0 Å². The number of rotatable bonds is 5. The van der Waals surface area contributed by atoms with Crippen LogP contribution in [-0.2, 0) is 16.1 Å². The summed E-state index contributed by atoms with van der Waals surface area (Å²) in [5.41, 5.74) is 1.46. The maximum Gasteiger partial charge on any atom is 0.321 e. The van der Waals surface area contributed by atoms with E-state index in [1.54, 1.807) is 11.2 Å². The Balaban J connectivity index is 1.22. The van der Waals surface area contributed by atoms with Crippen LogP contribution in [0.3, 0.4) is 0 Å². The lowest BCUT2D eigenvalue weighted by Gasteiger charge is -2.30. The first-order valence-corrected chi connectivity index (χ1v) is 10.3. The molecule has 1 aromatic carbocycles. The van der Waals surface area contributed by atoms with Crippen molar-refractivity contribution in [3.05, 3.63) is 59.8 Å². The SMILES string of the molecule is O=C(OCc1csc(-c2ccco2)n1)C1CCN(C(=O)Nc2ccccc2)CC1. The lowest BCUT2D eigenvalue weighted by Crippen LogP contribution is -2.42. The number of piperidine rings is 1. The van der Waals surface area contributed by atoms with E-state index in [1.165, 1.54) is 11.3 Å². The van der Waals surface area contributed by atoms with E-state index in [1.807, 2.05) is 47.8 Å². The molecule has 1 saturated heterocycles. The van der Waals surface area contributed by atoms with Crippen LogP contribution in [0.1, 0.15) is 18.5 Å². The monoisotopic (exact) mass is 411 g/mol. The Labute approximate surface area is 172 Å². The van der Waals surface area contributed by atoms with Gasteiger partial charge in [0.1, 0.15) is 6.61 Å². The molecule has 1 aliphatic rings. The van der Waals surface area contributed by atoms with Crippen LogP contribution in [0.15, 0.2) is 58.5 Å². The van der Waals surface area contributed by atoms with E-state index >= 15 is 0 Å². The van der Waals surface area contributed by atoms with Crippen molar-refractivity contribution in [1.82, 2.24) is 9.88 Å². The minimum Gasteiger partial charge on any atom is -0.462 e. The van der Waals surface area contributed by atoms with E-state index in [9.17, 15) is 9.59 Å². The number of para-hydroxylation sites is 1. The molecule has 150 valence electrons. The number of urea groups is 1. The lowest BCUT2D eigenvalue weighted by atomic mass is 9.97. The van der Waals surface area contributed by atoms with E-state index in [2.05, 4.69) is 10.3 Å². The van der Waals surface area contributed by atoms with Gasteiger partial charge in [-0.3, -0.25) is 4.79 Å². The van der Waals surface area contributed by atoms with E-state index in [-0.39, 0.29) is 24.5 Å². The minimum absolute atomic E-state index is 0.143. The molecule has 0 radical (unpaired) electrons. The summed E-state index contributed by atoms with van der Waals surface area (Å²) >= 11 is 1.45. The number of carbonyl (C=O) groups is 2. The Hall–Kier alpha value is -3.13. The summed E-state index contributed by atoms with van der Waals surface area (Å²) in [5.74, 6) is 0.272. The molecule has 4 rings (SSSR count). The van der Waals surface area contributed by atoms with Gasteiger partial charge in [-0.2, -0.15) is 0 Å². The Kier molecular flexibility index (Phi) is 5.90. The predicted octanol–water partition coefficient (Wildman–Crippen LogP) is 4.39. The van der Waals surface area contributed by atoms with E-state index in [0.717, 1.165) is 10.7 Å². The van der Waals surface area contributed by atoms with Gasteiger partial charge in [0.25, 0.3) is 0 Å². The fraction of sp³-hybridized carbons (Fsp3) is 0.286. The quantitative estimate of drug-likeness (QED) is 0.630. The van der Waals surface area contributed by atoms with E-state index in [0.29, 0.717) is 37.4 Å². The van der Waals surface area contributed by atoms with Crippen molar-refractivity contribution in [2.45, 2.75) is 19.4 Å². The number of nitrogens with one attached hydrogen (secondary N) is 1. The van der Waals surface area contributed by atoms with Crippen molar-refractivity contribution in [1.29, 1.82) is 0 Å². The van der Waals surface area contributed by atoms with Gasteiger partial charge in [0, 0.05) is 24.2 Å². The van der Waals surface area contributed by atoms with Gasteiger partial charge in [-0.05, 0) is 37.1 Å². The highest BCUT2D eigenvalue weighted by Gasteiger charge is 2.28. The summed E-state index contributed by atoms with van der Waals surface area (Å²) in [6.45, 7) is 1.19. The maximum atomic E-state index is 12.4. The molecule has 7 nitrogen and oxygen atoms in total. The number of thiazole rings is 1. The molecule has 3 aromatic rings. The molecule has 0 unspecified atom stereocenters. The highest BCUT2D eigenvalue weighted by atomic mass is 32.1. The number of aromatic nitrogens is 1. The normalized spacial score (nSPS) is 14.6. The van der Waals surface area contributed by atoms with Gasteiger partial charge in [-0.15, -0.1) is 11.3 Å². The fourth-order valence-corrected chi connectivity index (χ4v) is 3.96. The number of esters is 1. The van der Waals surface area contributed by atoms with Crippen LogP contribution in [0.5, 0.6) is 0 Å². The first-order valence-electron chi connectivity index (χ1n) is 9.45. The minimum atomic E-state index is -0.235. The summed E-state index contributed by atoms with van der Waals surface area (Å²) in [7, 11) is 0. The second-order valence-corrected chi connectivity index (χ2v) is 7.64. The van der Waals surface area contributed by atoms with Crippen LogP contribution >= 0.6 is 11.3 Å². The molecule has 1 aliphatic heterocycles. The van der Waals surface area contributed by atoms with Crippen molar-refractivity contribution in [2.24, 2.45) is 5.92 Å². The zero-order chi connectivity index (χ0) is 20.1. The molecule has 0 bridgehead atoms. The second-order valence-electron chi connectivity index (χ2n) is 6.79. The van der Waals surface area contributed by atoms with Crippen LogP contribution in [0.25, 0.3) is 10.8 Å². The number of amides is 2. The number of ether oxygens (including phenoxy) is 1. The van der Waals surface area contributed by atoms with Crippen LogP contribution in [0, 0.1) is 5.92 Å². The molecule has 2 amide bonds. The molecular formula is C21H21N3O4S. The topological polar surface area (TPSA) is 84.7 Å². The first kappa shape index (κ1) is 19.2. The predicted molar refractivity (Wildman–Crippen MR) is 109 cm³/mol. The van der Waals surface area contributed by atoms with Gasteiger partial charge >= 0.3 is 12.0 Å². The zero-order valence-electron chi connectivity index (χ0n) is 15.7. The Morgan fingerprint density at radius 3 is 2.69 bits per heavy atom. The van der Waals surface area contributed by atoms with Gasteiger partial charge in [0.2, 0.25) is 0 Å². The van der Waals surface area contributed by atoms with Crippen LogP contribution in [-0.4, -0.2) is 35.0 Å². The average Bonchev–Trinajstić information content (AvgIpc) is 3.45. The molecule has 0 aliphatic carbocycles. The number of furan rings is 1. The number of nitrogens with zero attached hydrogens (tertiary/aromatic N) is 2. The van der Waals surface area contributed by atoms with Gasteiger partial charge in [-0.1, -0.05) is 18.2 Å². The maximum absolute atomic E-state index is 12.4. The van der Waals surface area contributed by atoms with Gasteiger partial charge < -0.3 is 19.4 Å². The second kappa shape index (κ2) is 8.91. The summed E-state index contributed by atoms with van der Waals surface area (Å²) < 4.78 is 10.8.